The van der Waals surface area contributed by atoms with Crippen LogP contribution in [0.2, 0.25) is 0 Å². The monoisotopic (exact) mass is 357 g/mol. The fraction of sp³-hybridized carbons (Fsp3) is 0.111. The van der Waals surface area contributed by atoms with Gasteiger partial charge in [0.2, 0.25) is 10.0 Å². The highest BCUT2D eigenvalue weighted by Crippen LogP contribution is 2.18. The van der Waals surface area contributed by atoms with Gasteiger partial charge in [0.1, 0.15) is 5.82 Å². The summed E-state index contributed by atoms with van der Waals surface area (Å²) in [4.78, 5) is 8.29. The Morgan fingerprint density at radius 3 is 2.52 bits per heavy atom. The second-order valence-corrected chi connectivity index (χ2v) is 7.29. The van der Waals surface area contributed by atoms with Crippen LogP contribution in [0.15, 0.2) is 66.0 Å². The van der Waals surface area contributed by atoms with Gasteiger partial charge in [0.05, 0.1) is 10.6 Å². The zero-order chi connectivity index (χ0) is 17.9. The van der Waals surface area contributed by atoms with Gasteiger partial charge >= 0.3 is 0 Å². The molecule has 0 saturated carbocycles. The molecule has 1 aromatic carbocycles. The van der Waals surface area contributed by atoms with E-state index in [1.165, 1.54) is 19.1 Å². The molecule has 5 nitrogen and oxygen atoms in total. The number of benzene rings is 1. The molecule has 0 radical (unpaired) electrons. The Bertz CT molecular complexity index is 992. The number of rotatable bonds is 5. The molecule has 0 atom stereocenters. The summed E-state index contributed by atoms with van der Waals surface area (Å²) in [6.07, 6.45) is 4.97. The molecule has 25 heavy (non-hydrogen) atoms. The molecule has 0 aliphatic rings. The van der Waals surface area contributed by atoms with E-state index in [2.05, 4.69) is 14.7 Å². The van der Waals surface area contributed by atoms with Crippen molar-refractivity contribution in [2.75, 3.05) is 0 Å². The number of halogens is 1. The minimum atomic E-state index is -3.72. The second kappa shape index (κ2) is 7.08. The van der Waals surface area contributed by atoms with E-state index in [0.717, 1.165) is 22.9 Å². The quantitative estimate of drug-likeness (QED) is 0.762. The molecule has 3 aromatic rings. The summed E-state index contributed by atoms with van der Waals surface area (Å²) >= 11 is 0. The normalized spacial score (nSPS) is 11.4. The standard InChI is InChI=1S/C18H16FN3O2S/c1-13-10-16(2-3-17(13)19)25(23,24)22-12-14-4-9-21-18(11-14)15-5-7-20-8-6-15/h2-11,22H,12H2,1H3. The van der Waals surface area contributed by atoms with Gasteiger partial charge in [-0.05, 0) is 60.5 Å². The van der Waals surface area contributed by atoms with Gasteiger partial charge in [0.25, 0.3) is 0 Å². The van der Waals surface area contributed by atoms with E-state index in [-0.39, 0.29) is 17.0 Å². The van der Waals surface area contributed by atoms with Gasteiger partial charge in [0.15, 0.2) is 0 Å². The van der Waals surface area contributed by atoms with Crippen molar-refractivity contribution in [3.05, 3.63) is 78.0 Å². The number of hydrogen-bond donors (Lipinski definition) is 1. The van der Waals surface area contributed by atoms with E-state index in [1.807, 2.05) is 18.2 Å². The first-order chi connectivity index (χ1) is 12.0. The Hall–Kier alpha value is -2.64. The molecular weight excluding hydrogens is 341 g/mol. The summed E-state index contributed by atoms with van der Waals surface area (Å²) in [7, 11) is -3.72. The Labute approximate surface area is 145 Å². The van der Waals surface area contributed by atoms with Crippen LogP contribution in [0, 0.1) is 12.7 Å². The average molecular weight is 357 g/mol. The molecule has 0 bridgehead atoms. The lowest BCUT2D eigenvalue weighted by atomic mass is 10.1. The first-order valence-electron chi connectivity index (χ1n) is 7.57. The van der Waals surface area contributed by atoms with Crippen molar-refractivity contribution >= 4 is 10.0 Å². The van der Waals surface area contributed by atoms with Crippen molar-refractivity contribution in [3.63, 3.8) is 0 Å². The maximum atomic E-state index is 13.3. The van der Waals surface area contributed by atoms with E-state index in [9.17, 15) is 12.8 Å². The van der Waals surface area contributed by atoms with Crippen molar-refractivity contribution in [2.45, 2.75) is 18.4 Å². The minimum absolute atomic E-state index is 0.0369. The van der Waals surface area contributed by atoms with E-state index >= 15 is 0 Å². The zero-order valence-corrected chi connectivity index (χ0v) is 14.3. The topological polar surface area (TPSA) is 72.0 Å². The molecule has 128 valence electrons. The molecule has 2 aromatic heterocycles. The van der Waals surface area contributed by atoms with Gasteiger partial charge in [-0.3, -0.25) is 9.97 Å². The van der Waals surface area contributed by atoms with E-state index in [0.29, 0.717) is 0 Å². The fourth-order valence-corrected chi connectivity index (χ4v) is 3.41. The predicted molar refractivity (Wildman–Crippen MR) is 92.6 cm³/mol. The zero-order valence-electron chi connectivity index (χ0n) is 13.5. The van der Waals surface area contributed by atoms with Crippen molar-refractivity contribution in [2.24, 2.45) is 0 Å². The Morgan fingerprint density at radius 2 is 1.80 bits per heavy atom. The summed E-state index contributed by atoms with van der Waals surface area (Å²) in [5.41, 5.74) is 2.68. The Morgan fingerprint density at radius 1 is 1.04 bits per heavy atom. The van der Waals surface area contributed by atoms with Crippen LogP contribution in [-0.2, 0) is 16.6 Å². The molecule has 2 heterocycles. The third-order valence-electron chi connectivity index (χ3n) is 3.71. The third kappa shape index (κ3) is 4.07. The van der Waals surface area contributed by atoms with Crippen LogP contribution in [-0.4, -0.2) is 18.4 Å². The van der Waals surface area contributed by atoms with Gasteiger partial charge in [-0.25, -0.2) is 17.5 Å². The number of aryl methyl sites for hydroxylation is 1. The summed E-state index contributed by atoms with van der Waals surface area (Å²) in [6, 6.07) is 10.9. The first-order valence-corrected chi connectivity index (χ1v) is 9.05. The Kier molecular flexibility index (Phi) is 4.87. The molecule has 0 spiro atoms. The third-order valence-corrected chi connectivity index (χ3v) is 5.11. The molecule has 0 fully saturated rings. The highest BCUT2D eigenvalue weighted by atomic mass is 32.2. The molecule has 1 N–H and O–H groups in total. The molecular formula is C18H16FN3O2S. The van der Waals surface area contributed by atoms with Gasteiger partial charge in [-0.15, -0.1) is 0 Å². The molecule has 7 heteroatoms. The van der Waals surface area contributed by atoms with Crippen molar-refractivity contribution in [1.82, 2.24) is 14.7 Å². The highest BCUT2D eigenvalue weighted by molar-refractivity contribution is 7.89. The lowest BCUT2D eigenvalue weighted by Crippen LogP contribution is -2.23. The molecule has 0 aliphatic heterocycles. The molecule has 0 aliphatic carbocycles. The lowest BCUT2D eigenvalue weighted by Gasteiger charge is -2.09. The number of pyridine rings is 2. The first kappa shape index (κ1) is 17.2. The predicted octanol–water partition coefficient (Wildman–Crippen LogP) is 3.07. The SMILES string of the molecule is Cc1cc(S(=O)(=O)NCc2ccnc(-c3ccncc3)c2)ccc1F. The van der Waals surface area contributed by atoms with Crippen LogP contribution in [0.4, 0.5) is 4.39 Å². The van der Waals surface area contributed by atoms with E-state index < -0.39 is 15.8 Å². The largest absolute Gasteiger partial charge is 0.265 e. The summed E-state index contributed by atoms with van der Waals surface area (Å²) in [5, 5.41) is 0. The second-order valence-electron chi connectivity index (χ2n) is 5.52. The van der Waals surface area contributed by atoms with Crippen LogP contribution in [0.1, 0.15) is 11.1 Å². The van der Waals surface area contributed by atoms with Gasteiger partial charge in [-0.1, -0.05) is 0 Å². The van der Waals surface area contributed by atoms with Gasteiger partial charge < -0.3 is 0 Å². The van der Waals surface area contributed by atoms with Crippen molar-refractivity contribution < 1.29 is 12.8 Å². The summed E-state index contributed by atoms with van der Waals surface area (Å²) in [5.74, 6) is -0.435. The number of hydrogen-bond acceptors (Lipinski definition) is 4. The Balaban J connectivity index is 1.78. The van der Waals surface area contributed by atoms with Crippen LogP contribution < -0.4 is 4.72 Å². The van der Waals surface area contributed by atoms with E-state index in [4.69, 9.17) is 0 Å². The number of aromatic nitrogens is 2. The van der Waals surface area contributed by atoms with E-state index in [1.54, 1.807) is 24.7 Å². The smallest absolute Gasteiger partial charge is 0.240 e. The molecule has 0 saturated heterocycles. The van der Waals surface area contributed by atoms with Gasteiger partial charge in [0, 0.05) is 30.7 Å². The lowest BCUT2D eigenvalue weighted by molar-refractivity contribution is 0.579. The fourth-order valence-electron chi connectivity index (χ4n) is 2.31. The van der Waals surface area contributed by atoms with Crippen molar-refractivity contribution in [1.29, 1.82) is 0 Å². The number of nitrogens with zero attached hydrogens (tertiary/aromatic N) is 2. The van der Waals surface area contributed by atoms with Crippen LogP contribution in [0.25, 0.3) is 11.3 Å². The van der Waals surface area contributed by atoms with Crippen molar-refractivity contribution in [3.8, 4) is 11.3 Å². The highest BCUT2D eigenvalue weighted by Gasteiger charge is 2.15. The maximum Gasteiger partial charge on any atom is 0.240 e. The minimum Gasteiger partial charge on any atom is -0.265 e. The average Bonchev–Trinajstić information content (AvgIpc) is 2.63. The molecule has 0 amide bonds. The van der Waals surface area contributed by atoms with Crippen LogP contribution >= 0.6 is 0 Å². The maximum absolute atomic E-state index is 13.3. The summed E-state index contributed by atoms with van der Waals surface area (Å²) < 4.78 is 40.6. The summed E-state index contributed by atoms with van der Waals surface area (Å²) in [6.45, 7) is 1.64. The van der Waals surface area contributed by atoms with Crippen LogP contribution in [0.5, 0.6) is 0 Å². The molecule has 3 rings (SSSR count). The number of sulfonamides is 1. The van der Waals surface area contributed by atoms with Crippen LogP contribution in [0.3, 0.4) is 0 Å². The van der Waals surface area contributed by atoms with Gasteiger partial charge in [-0.2, -0.15) is 0 Å². The molecule has 0 unspecified atom stereocenters. The number of nitrogens with one attached hydrogen (secondary N) is 1.